The maximum Gasteiger partial charge on any atom is 0.302 e. The molecule has 0 bridgehead atoms. The molecule has 0 heterocycles. The second-order valence-electron chi connectivity index (χ2n) is 9.37. The molecule has 1 N–H and O–H groups in total. The van der Waals surface area contributed by atoms with E-state index in [0.717, 1.165) is 43.9 Å². The highest BCUT2D eigenvalue weighted by Crippen LogP contribution is 2.64. The molecule has 0 amide bonds. The summed E-state index contributed by atoms with van der Waals surface area (Å²) in [6, 6.07) is 0. The smallest absolute Gasteiger partial charge is 0.302 e. The molecule has 4 rings (SSSR count). The predicted octanol–water partition coefficient (Wildman–Crippen LogP) is 4.24. The maximum absolute atomic E-state index is 11.3. The molecular weight excluding hydrogens is 300 g/mol. The van der Waals surface area contributed by atoms with E-state index in [1.165, 1.54) is 26.2 Å². The van der Waals surface area contributed by atoms with E-state index in [-0.39, 0.29) is 29.0 Å². The average molecular weight is 332 g/mol. The summed E-state index contributed by atoms with van der Waals surface area (Å²) in [5, 5.41) is 10.5. The van der Waals surface area contributed by atoms with Crippen LogP contribution in [0.25, 0.3) is 0 Å². The lowest BCUT2D eigenvalue weighted by Gasteiger charge is -2.57. The Kier molecular flexibility index (Phi) is 3.87. The molecule has 7 atom stereocenters. The lowest BCUT2D eigenvalue weighted by molar-refractivity contribution is -0.148. The Morgan fingerprint density at radius 2 is 1.96 bits per heavy atom. The van der Waals surface area contributed by atoms with E-state index in [4.69, 9.17) is 4.74 Å². The number of allylic oxidation sites excluding steroid dienone is 1. The summed E-state index contributed by atoms with van der Waals surface area (Å²) in [5.41, 5.74) is 1.98. The number of aliphatic hydroxyl groups excluding tert-OH is 1. The van der Waals surface area contributed by atoms with Gasteiger partial charge in [-0.05, 0) is 73.5 Å². The van der Waals surface area contributed by atoms with Crippen molar-refractivity contribution in [2.45, 2.75) is 84.3 Å². The van der Waals surface area contributed by atoms with Gasteiger partial charge in [0.1, 0.15) is 6.10 Å². The molecule has 0 radical (unpaired) electrons. The van der Waals surface area contributed by atoms with Gasteiger partial charge < -0.3 is 9.84 Å². The molecule has 3 nitrogen and oxygen atoms in total. The Balaban J connectivity index is 1.59. The first-order valence-corrected chi connectivity index (χ1v) is 9.89. The molecule has 0 spiro atoms. The van der Waals surface area contributed by atoms with Gasteiger partial charge in [-0.25, -0.2) is 0 Å². The van der Waals surface area contributed by atoms with Gasteiger partial charge in [0.15, 0.2) is 0 Å². The van der Waals surface area contributed by atoms with E-state index in [2.05, 4.69) is 19.9 Å². The zero-order valence-electron chi connectivity index (χ0n) is 15.4. The van der Waals surface area contributed by atoms with Gasteiger partial charge >= 0.3 is 5.97 Å². The second kappa shape index (κ2) is 5.59. The fourth-order valence-corrected chi connectivity index (χ4v) is 6.94. The van der Waals surface area contributed by atoms with Gasteiger partial charge in [0.25, 0.3) is 0 Å². The number of carbonyl (C=O) groups is 1. The highest BCUT2D eigenvalue weighted by molar-refractivity contribution is 5.66. The van der Waals surface area contributed by atoms with Crippen molar-refractivity contribution in [1.29, 1.82) is 0 Å². The van der Waals surface area contributed by atoms with Crippen LogP contribution in [0.3, 0.4) is 0 Å². The molecule has 4 aliphatic carbocycles. The number of fused-ring (bicyclic) bond motifs is 5. The van der Waals surface area contributed by atoms with Gasteiger partial charge in [-0.15, -0.1) is 0 Å². The molecule has 0 unspecified atom stereocenters. The molecule has 0 saturated heterocycles. The monoisotopic (exact) mass is 332 g/mol. The largest absolute Gasteiger partial charge is 0.462 e. The highest BCUT2D eigenvalue weighted by atomic mass is 16.5. The van der Waals surface area contributed by atoms with E-state index >= 15 is 0 Å². The number of esters is 1. The lowest BCUT2D eigenvalue weighted by Crippen LogP contribution is -2.51. The minimum Gasteiger partial charge on any atom is -0.462 e. The molecule has 3 heteroatoms. The number of ether oxygens (including phenoxy) is 1. The summed E-state index contributed by atoms with van der Waals surface area (Å²) >= 11 is 0. The van der Waals surface area contributed by atoms with Crippen LogP contribution in [-0.2, 0) is 9.53 Å². The maximum atomic E-state index is 11.3. The number of carbonyl (C=O) groups excluding carboxylic acids is 1. The first kappa shape index (κ1) is 16.6. The fourth-order valence-electron chi connectivity index (χ4n) is 6.94. The van der Waals surface area contributed by atoms with E-state index < -0.39 is 0 Å². The summed E-state index contributed by atoms with van der Waals surface area (Å²) in [4.78, 5) is 11.3. The summed E-state index contributed by atoms with van der Waals surface area (Å²) in [6.45, 7) is 6.32. The van der Waals surface area contributed by atoms with E-state index in [0.29, 0.717) is 5.92 Å². The number of hydrogen-bond donors (Lipinski definition) is 1. The molecule has 134 valence electrons. The van der Waals surface area contributed by atoms with Crippen LogP contribution >= 0.6 is 0 Å². The first-order chi connectivity index (χ1) is 11.3. The lowest BCUT2D eigenvalue weighted by atomic mass is 9.48. The summed E-state index contributed by atoms with van der Waals surface area (Å²) < 4.78 is 5.51. The third-order valence-electron chi connectivity index (χ3n) is 8.34. The second-order valence-corrected chi connectivity index (χ2v) is 9.37. The molecule has 0 aromatic carbocycles. The number of rotatable bonds is 1. The number of hydrogen-bond acceptors (Lipinski definition) is 3. The van der Waals surface area contributed by atoms with Gasteiger partial charge in [-0.1, -0.05) is 25.5 Å². The Bertz CT molecular complexity index is 567. The molecule has 24 heavy (non-hydrogen) atoms. The van der Waals surface area contributed by atoms with Gasteiger partial charge in [-0.3, -0.25) is 4.79 Å². The Hall–Kier alpha value is -0.830. The number of aliphatic hydroxyl groups is 1. The van der Waals surface area contributed by atoms with Crippen LogP contribution in [-0.4, -0.2) is 23.3 Å². The van der Waals surface area contributed by atoms with Crippen LogP contribution in [0.4, 0.5) is 0 Å². The van der Waals surface area contributed by atoms with Crippen LogP contribution in [0.15, 0.2) is 11.6 Å². The fraction of sp³-hybridized carbons (Fsp3) is 0.857. The van der Waals surface area contributed by atoms with Crippen molar-refractivity contribution >= 4 is 5.97 Å². The van der Waals surface area contributed by atoms with Crippen molar-refractivity contribution in [3.63, 3.8) is 0 Å². The topological polar surface area (TPSA) is 46.5 Å². The molecule has 3 saturated carbocycles. The van der Waals surface area contributed by atoms with Crippen molar-refractivity contribution in [3.05, 3.63) is 11.6 Å². The van der Waals surface area contributed by atoms with Crippen molar-refractivity contribution in [2.75, 3.05) is 0 Å². The Labute approximate surface area is 145 Å². The third-order valence-corrected chi connectivity index (χ3v) is 8.34. The standard InChI is InChI=1S/C21H32O3/c1-13(22)24-15-8-10-20(2)14(12-15)4-5-16-17-6-7-19(23)21(17,3)11-9-18(16)20/h4,15-19,23H,5-12H2,1-3H3/t15-,16+,17-,18+,19+,20+,21-/m0/s1. The van der Waals surface area contributed by atoms with Crippen LogP contribution in [0.2, 0.25) is 0 Å². The van der Waals surface area contributed by atoms with Crippen molar-refractivity contribution in [3.8, 4) is 0 Å². The first-order valence-electron chi connectivity index (χ1n) is 9.89. The van der Waals surface area contributed by atoms with Crippen LogP contribution in [0.5, 0.6) is 0 Å². The quantitative estimate of drug-likeness (QED) is 0.577. The minimum absolute atomic E-state index is 0.0838. The summed E-state index contributed by atoms with van der Waals surface area (Å²) in [6.07, 6.45) is 11.3. The molecule has 0 aromatic heterocycles. The molecule has 0 aliphatic heterocycles. The minimum atomic E-state index is -0.147. The van der Waals surface area contributed by atoms with Crippen molar-refractivity contribution in [1.82, 2.24) is 0 Å². The molecule has 0 aromatic rings. The van der Waals surface area contributed by atoms with Gasteiger partial charge in [-0.2, -0.15) is 0 Å². The Morgan fingerprint density at radius 3 is 2.71 bits per heavy atom. The van der Waals surface area contributed by atoms with Gasteiger partial charge in [0.05, 0.1) is 6.10 Å². The zero-order valence-corrected chi connectivity index (χ0v) is 15.4. The predicted molar refractivity (Wildman–Crippen MR) is 93.3 cm³/mol. The van der Waals surface area contributed by atoms with E-state index in [9.17, 15) is 9.90 Å². The SMILES string of the molecule is CC(=O)O[C@H]1CC[C@]2(C)C(=CC[C@H]3[C@H]2CC[C@]2(C)[C@H](O)CC[C@@H]32)C1. The zero-order chi connectivity index (χ0) is 17.1. The Morgan fingerprint density at radius 1 is 1.17 bits per heavy atom. The highest BCUT2D eigenvalue weighted by Gasteiger charge is 2.58. The van der Waals surface area contributed by atoms with Crippen LogP contribution in [0, 0.1) is 28.6 Å². The normalized spacial score (nSPS) is 50.3. The van der Waals surface area contributed by atoms with Crippen LogP contribution < -0.4 is 0 Å². The summed E-state index contributed by atoms with van der Waals surface area (Å²) in [7, 11) is 0. The third kappa shape index (κ3) is 2.30. The molecule has 3 fully saturated rings. The van der Waals surface area contributed by atoms with Crippen LogP contribution in [0.1, 0.15) is 72.1 Å². The van der Waals surface area contributed by atoms with E-state index in [1.807, 2.05) is 0 Å². The van der Waals surface area contributed by atoms with Crippen molar-refractivity contribution < 1.29 is 14.6 Å². The van der Waals surface area contributed by atoms with Gasteiger partial charge in [0.2, 0.25) is 0 Å². The van der Waals surface area contributed by atoms with Gasteiger partial charge in [0, 0.05) is 13.3 Å². The molecular formula is C21H32O3. The van der Waals surface area contributed by atoms with Crippen molar-refractivity contribution in [2.24, 2.45) is 28.6 Å². The molecule has 4 aliphatic rings. The van der Waals surface area contributed by atoms with E-state index in [1.54, 1.807) is 5.57 Å². The summed E-state index contributed by atoms with van der Waals surface area (Å²) in [5.74, 6) is 2.03. The average Bonchev–Trinajstić information content (AvgIpc) is 2.83.